The number of nitrogens with zero attached hydrogens (tertiary/aromatic N) is 2. The van der Waals surface area contributed by atoms with Crippen LogP contribution in [0.1, 0.15) is 50.4 Å². The number of benzene rings is 1. The van der Waals surface area contributed by atoms with Crippen molar-refractivity contribution in [1.82, 2.24) is 10.7 Å². The van der Waals surface area contributed by atoms with Gasteiger partial charge in [-0.25, -0.2) is 19.9 Å². The minimum atomic E-state index is -0.901. The molecule has 34 heavy (non-hydrogen) atoms. The Hall–Kier alpha value is -3.89. The van der Waals surface area contributed by atoms with Crippen LogP contribution in [0.15, 0.2) is 52.6 Å². The van der Waals surface area contributed by atoms with Gasteiger partial charge in [0.15, 0.2) is 5.03 Å². The number of carbonyl (C=O) groups is 2. The third-order valence-corrected chi connectivity index (χ3v) is 4.51. The van der Waals surface area contributed by atoms with Crippen LogP contribution in [-0.2, 0) is 9.53 Å². The minimum Gasteiger partial charge on any atom is -0.489 e. The van der Waals surface area contributed by atoms with E-state index in [9.17, 15) is 19.7 Å². The molecule has 0 spiro atoms. The van der Waals surface area contributed by atoms with Crippen LogP contribution in [0.2, 0.25) is 0 Å². The van der Waals surface area contributed by atoms with Gasteiger partial charge < -0.3 is 20.5 Å². The number of aliphatic imine (C=N–C) groups is 1. The second-order valence-electron chi connectivity index (χ2n) is 7.71. The lowest BCUT2D eigenvalue weighted by Gasteiger charge is -2.16. The molecule has 0 fully saturated rings. The number of nitrogens with two attached hydrogens (primary N) is 1. The van der Waals surface area contributed by atoms with Gasteiger partial charge in [0.2, 0.25) is 0 Å². The number of nitrogens with one attached hydrogen (secondary N) is 2. The van der Waals surface area contributed by atoms with Crippen molar-refractivity contribution in [1.29, 1.82) is 0 Å². The molecule has 0 aromatic heterocycles. The zero-order valence-corrected chi connectivity index (χ0v) is 20.0. The van der Waals surface area contributed by atoms with E-state index in [4.69, 9.17) is 15.2 Å². The summed E-state index contributed by atoms with van der Waals surface area (Å²) in [6.45, 7) is 6.67. The fraction of sp³-hybridized carbons (Fsp3) is 0.435. The van der Waals surface area contributed by atoms with Crippen molar-refractivity contribution in [3.8, 4) is 5.75 Å². The smallest absolute Gasteiger partial charge is 0.328 e. The molecule has 186 valence electrons. The van der Waals surface area contributed by atoms with E-state index in [1.165, 1.54) is 12.7 Å². The molecule has 11 nitrogen and oxygen atoms in total. The molecule has 0 saturated heterocycles. The fourth-order valence-electron chi connectivity index (χ4n) is 2.71. The van der Waals surface area contributed by atoms with Crippen molar-refractivity contribution in [3.63, 3.8) is 0 Å². The molecule has 1 rings (SSSR count). The summed E-state index contributed by atoms with van der Waals surface area (Å²) in [7, 11) is 1.22. The molecule has 0 saturated carbocycles. The lowest BCUT2D eigenvalue weighted by atomic mass is 10.1. The number of ether oxygens (including phenoxy) is 2. The van der Waals surface area contributed by atoms with E-state index >= 15 is 0 Å². The van der Waals surface area contributed by atoms with E-state index in [1.54, 1.807) is 29.7 Å². The highest BCUT2D eigenvalue weighted by molar-refractivity contribution is 5.96. The molecule has 0 aliphatic heterocycles. The average Bonchev–Trinajstić information content (AvgIpc) is 2.78. The Bertz CT molecular complexity index is 920. The number of guanidine groups is 1. The monoisotopic (exact) mass is 475 g/mol. The maximum Gasteiger partial charge on any atom is 0.328 e. The fourth-order valence-corrected chi connectivity index (χ4v) is 2.71. The van der Waals surface area contributed by atoms with Crippen LogP contribution in [0.4, 0.5) is 0 Å². The Morgan fingerprint density at radius 1 is 1.21 bits per heavy atom. The topological polar surface area (TPSA) is 158 Å². The lowest BCUT2D eigenvalue weighted by Crippen LogP contribution is -2.41. The molecule has 1 atom stereocenters. The van der Waals surface area contributed by atoms with Gasteiger partial charge >= 0.3 is 5.97 Å². The maximum absolute atomic E-state index is 12.6. The van der Waals surface area contributed by atoms with Crippen LogP contribution in [0.25, 0.3) is 0 Å². The van der Waals surface area contributed by atoms with E-state index in [0.29, 0.717) is 24.3 Å². The minimum absolute atomic E-state index is 0.129. The molecule has 4 N–H and O–H groups in total. The molecule has 11 heteroatoms. The maximum atomic E-state index is 12.6. The van der Waals surface area contributed by atoms with E-state index in [-0.39, 0.29) is 18.9 Å². The zero-order chi connectivity index (χ0) is 25.5. The Labute approximate surface area is 199 Å². The van der Waals surface area contributed by atoms with Crippen molar-refractivity contribution < 1.29 is 24.1 Å². The molecule has 0 radical (unpaired) electrons. The number of hydrazine groups is 1. The second-order valence-corrected chi connectivity index (χ2v) is 7.71. The van der Waals surface area contributed by atoms with Gasteiger partial charge in [-0.3, -0.25) is 4.79 Å². The molecule has 0 bridgehead atoms. The summed E-state index contributed by atoms with van der Waals surface area (Å²) in [5, 5.41) is 12.1. The number of rotatable bonds is 13. The second kappa shape index (κ2) is 15.0. The van der Waals surface area contributed by atoms with Crippen molar-refractivity contribution in [2.75, 3.05) is 20.3 Å². The molecule has 0 aliphatic rings. The summed E-state index contributed by atoms with van der Waals surface area (Å²) in [6, 6.07) is 5.68. The average molecular weight is 476 g/mol. The number of nitro groups is 1. The Kier molecular flexibility index (Phi) is 12.4. The highest BCUT2D eigenvalue weighted by Crippen LogP contribution is 2.14. The van der Waals surface area contributed by atoms with Crippen LogP contribution in [-0.4, -0.2) is 49.2 Å². The normalized spacial score (nSPS) is 12.4. The molecular formula is C23H33N5O6. The molecule has 0 aliphatic carbocycles. The molecule has 0 unspecified atom stereocenters. The van der Waals surface area contributed by atoms with Crippen molar-refractivity contribution in [2.24, 2.45) is 10.7 Å². The zero-order valence-electron chi connectivity index (χ0n) is 20.0. The Balaban J connectivity index is 2.62. The first-order chi connectivity index (χ1) is 16.1. The quantitative estimate of drug-likeness (QED) is 0.0746. The largest absolute Gasteiger partial charge is 0.489 e. The van der Waals surface area contributed by atoms with Crippen LogP contribution < -0.4 is 21.2 Å². The predicted octanol–water partition coefficient (Wildman–Crippen LogP) is 2.52. The molecule has 0 heterocycles. The third kappa shape index (κ3) is 11.7. The van der Waals surface area contributed by atoms with Gasteiger partial charge in [0.05, 0.1) is 7.11 Å². The number of esters is 1. The summed E-state index contributed by atoms with van der Waals surface area (Å²) in [6.07, 6.45) is 5.64. The number of hydrogen-bond acceptors (Lipinski definition) is 7. The number of allylic oxidation sites excluding steroid dienone is 3. The number of hydrogen-bond donors (Lipinski definition) is 3. The van der Waals surface area contributed by atoms with E-state index in [0.717, 1.165) is 12.0 Å². The van der Waals surface area contributed by atoms with Crippen LogP contribution in [0.3, 0.4) is 0 Å². The lowest BCUT2D eigenvalue weighted by molar-refractivity contribution is -0.525. The Morgan fingerprint density at radius 2 is 1.88 bits per heavy atom. The first-order valence-electron chi connectivity index (χ1n) is 10.7. The Morgan fingerprint density at radius 3 is 2.47 bits per heavy atom. The molecule has 1 amide bonds. The third-order valence-electron chi connectivity index (χ3n) is 4.51. The highest BCUT2D eigenvalue weighted by atomic mass is 16.7. The van der Waals surface area contributed by atoms with Crippen molar-refractivity contribution >= 4 is 17.8 Å². The van der Waals surface area contributed by atoms with Gasteiger partial charge in [0.1, 0.15) is 18.4 Å². The van der Waals surface area contributed by atoms with Gasteiger partial charge in [0, 0.05) is 12.1 Å². The van der Waals surface area contributed by atoms with Crippen LogP contribution >= 0.6 is 0 Å². The predicted molar refractivity (Wildman–Crippen MR) is 129 cm³/mol. The van der Waals surface area contributed by atoms with Gasteiger partial charge in [-0.1, -0.05) is 23.2 Å². The van der Waals surface area contributed by atoms with Crippen LogP contribution in [0, 0.1) is 10.1 Å². The number of carbonyl (C=O) groups excluding carboxylic acids is 2. The van der Waals surface area contributed by atoms with E-state index in [1.807, 2.05) is 6.92 Å². The summed E-state index contributed by atoms with van der Waals surface area (Å²) in [5.41, 5.74) is 9.78. The summed E-state index contributed by atoms with van der Waals surface area (Å²) < 4.78 is 10.5. The SMILES string of the molecule is COC(=O)[C@H](CCCN=C(N)N[N+](=O)[O-])NC(=O)c1ccc(OC/C(C)=C/CC=C(C)C)cc1. The van der Waals surface area contributed by atoms with E-state index < -0.39 is 23.0 Å². The standard InChI is InChI=1S/C23H33N5O6/c1-16(2)7-5-8-17(3)15-34-19-12-10-18(11-13-19)21(29)26-20(22(30)33-4)9-6-14-25-23(24)27-28(31)32/h7-8,10-13,20H,5-6,9,14-15H2,1-4H3,(H,26,29)(H3,24,25,27)/b17-8+/t20-/m0/s1. The van der Waals surface area contributed by atoms with Gasteiger partial charge in [0.25, 0.3) is 11.9 Å². The van der Waals surface area contributed by atoms with E-state index in [2.05, 4.69) is 36.3 Å². The molecule has 1 aromatic rings. The van der Waals surface area contributed by atoms with Gasteiger partial charge in [-0.15, -0.1) is 0 Å². The summed E-state index contributed by atoms with van der Waals surface area (Å²) in [5.74, 6) is -0.777. The van der Waals surface area contributed by atoms with Crippen molar-refractivity contribution in [3.05, 3.63) is 63.2 Å². The van der Waals surface area contributed by atoms with Crippen LogP contribution in [0.5, 0.6) is 5.75 Å². The first kappa shape index (κ1) is 28.1. The summed E-state index contributed by atoms with van der Waals surface area (Å²) >= 11 is 0. The molecule has 1 aromatic carbocycles. The first-order valence-corrected chi connectivity index (χ1v) is 10.7. The van der Waals surface area contributed by atoms with Gasteiger partial charge in [-0.05, 0) is 69.9 Å². The van der Waals surface area contributed by atoms with Crippen molar-refractivity contribution in [2.45, 2.75) is 46.1 Å². The number of methoxy groups -OCH3 is 1. The summed E-state index contributed by atoms with van der Waals surface area (Å²) in [4.78, 5) is 38.7. The number of amides is 1. The highest BCUT2D eigenvalue weighted by Gasteiger charge is 2.21. The molecular weight excluding hydrogens is 442 g/mol. The van der Waals surface area contributed by atoms with Gasteiger partial charge in [-0.2, -0.15) is 0 Å².